The molecule has 0 aliphatic carbocycles. The Balaban J connectivity index is 3.21. The van der Waals surface area contributed by atoms with Crippen LogP contribution < -0.4 is 32.7 Å². The number of carbonyl (C=O) groups excluding carboxylic acids is 6. The summed E-state index contributed by atoms with van der Waals surface area (Å²) in [5.74, 6) is -8.45. The number of carboxylic acid groups (broad SMARTS) is 2. The lowest BCUT2D eigenvalue weighted by molar-refractivity contribution is -0.147. The Morgan fingerprint density at radius 1 is 0.854 bits per heavy atom. The summed E-state index contributed by atoms with van der Waals surface area (Å²) in [5, 5.41) is 38.7. The van der Waals surface area contributed by atoms with E-state index in [0.717, 1.165) is 4.90 Å². The molecule has 0 aromatic carbocycles. The molecule has 0 aromatic rings. The first-order valence-electron chi connectivity index (χ1n) is 16.0. The van der Waals surface area contributed by atoms with E-state index in [9.17, 15) is 53.7 Å². The van der Waals surface area contributed by atoms with Crippen LogP contribution in [0.3, 0.4) is 0 Å². The SMILES string of the molecule is CCC(C)C(NC(=O)C(CCC(N)=O)NC(=O)C1CCCN1C(=O)C(CC(=O)O)NC(=O)C(NC(=O)C(N)CC(C)C)C(C)O)C(=O)O. The summed E-state index contributed by atoms with van der Waals surface area (Å²) in [5.41, 5.74) is 11.1. The predicted octanol–water partition coefficient (Wildman–Crippen LogP) is -2.46. The number of rotatable bonds is 20. The first-order chi connectivity index (χ1) is 22.3. The minimum absolute atomic E-state index is 0.0171. The van der Waals surface area contributed by atoms with Gasteiger partial charge in [0.15, 0.2) is 0 Å². The van der Waals surface area contributed by atoms with Crippen LogP contribution in [0.2, 0.25) is 0 Å². The lowest BCUT2D eigenvalue weighted by atomic mass is 9.98. The zero-order chi connectivity index (χ0) is 36.9. The van der Waals surface area contributed by atoms with Crippen LogP contribution in [0.25, 0.3) is 0 Å². The number of hydrogen-bond acceptors (Lipinski definition) is 10. The Hall–Kier alpha value is -4.32. The van der Waals surface area contributed by atoms with Crippen LogP contribution in [0.1, 0.15) is 79.6 Å². The average Bonchev–Trinajstić information content (AvgIpc) is 3.48. The van der Waals surface area contributed by atoms with Crippen LogP contribution in [0.15, 0.2) is 0 Å². The van der Waals surface area contributed by atoms with Gasteiger partial charge in [0.1, 0.15) is 30.2 Å². The van der Waals surface area contributed by atoms with Gasteiger partial charge < -0.3 is 53.0 Å². The molecule has 1 aliphatic heterocycles. The van der Waals surface area contributed by atoms with Gasteiger partial charge in [0.2, 0.25) is 35.4 Å². The van der Waals surface area contributed by atoms with E-state index in [1.165, 1.54) is 6.92 Å². The van der Waals surface area contributed by atoms with Gasteiger partial charge in [0, 0.05) is 13.0 Å². The van der Waals surface area contributed by atoms with Crippen LogP contribution in [-0.2, 0) is 38.4 Å². The third-order valence-electron chi connectivity index (χ3n) is 8.05. The quantitative estimate of drug-likeness (QED) is 0.0645. The van der Waals surface area contributed by atoms with E-state index in [0.29, 0.717) is 12.8 Å². The molecule has 1 saturated heterocycles. The predicted molar refractivity (Wildman–Crippen MR) is 169 cm³/mol. The molecule has 6 amide bonds. The summed E-state index contributed by atoms with van der Waals surface area (Å²) >= 11 is 0. The van der Waals surface area contributed by atoms with Crippen LogP contribution in [-0.4, -0.2) is 117 Å². The molecule has 1 fully saturated rings. The van der Waals surface area contributed by atoms with E-state index in [-0.39, 0.29) is 38.1 Å². The van der Waals surface area contributed by atoms with Crippen LogP contribution in [0.4, 0.5) is 0 Å². The maximum absolute atomic E-state index is 13.6. The largest absolute Gasteiger partial charge is 0.481 e. The molecule has 18 heteroatoms. The number of nitrogens with zero attached hydrogens (tertiary/aromatic N) is 1. The first-order valence-corrected chi connectivity index (χ1v) is 16.0. The van der Waals surface area contributed by atoms with Crippen LogP contribution in [0, 0.1) is 11.8 Å². The topological polar surface area (TPSA) is 301 Å². The standard InChI is InChI=1S/C30H51N7O11/c1-6-15(4)23(30(47)48)35-26(43)18(9-10-21(32)39)33-27(44)20-8-7-11-37(20)29(46)19(13-22(40)41)34-28(45)24(16(5)38)36-25(42)17(31)12-14(2)3/h14-20,23-24,38H,6-13,31H2,1-5H3,(H2,32,39)(H,33,44)(H,34,45)(H,35,43)(H,36,42)(H,40,41)(H,47,48). The number of aliphatic carboxylic acids is 2. The number of carboxylic acids is 2. The van der Waals surface area contributed by atoms with Gasteiger partial charge in [-0.25, -0.2) is 4.79 Å². The zero-order valence-corrected chi connectivity index (χ0v) is 28.1. The molecule has 1 aliphatic rings. The van der Waals surface area contributed by atoms with Gasteiger partial charge in [-0.2, -0.15) is 0 Å². The van der Waals surface area contributed by atoms with E-state index in [2.05, 4.69) is 21.3 Å². The maximum Gasteiger partial charge on any atom is 0.326 e. The number of carbonyl (C=O) groups is 8. The molecule has 0 saturated carbocycles. The van der Waals surface area contributed by atoms with Crippen LogP contribution >= 0.6 is 0 Å². The smallest absolute Gasteiger partial charge is 0.326 e. The molecule has 0 bridgehead atoms. The molecule has 1 rings (SSSR count). The Kier molecular flexibility index (Phi) is 16.9. The average molecular weight is 686 g/mol. The number of likely N-dealkylation sites (tertiary alicyclic amines) is 1. The summed E-state index contributed by atoms with van der Waals surface area (Å²) < 4.78 is 0. The summed E-state index contributed by atoms with van der Waals surface area (Å²) in [4.78, 5) is 102. The molecule has 48 heavy (non-hydrogen) atoms. The van der Waals surface area contributed by atoms with E-state index < -0.39 is 102 Å². The van der Waals surface area contributed by atoms with Crippen molar-refractivity contribution in [1.29, 1.82) is 0 Å². The normalized spacial score (nSPS) is 18.8. The first kappa shape index (κ1) is 41.7. The van der Waals surface area contributed by atoms with Gasteiger partial charge in [-0.1, -0.05) is 34.1 Å². The number of amides is 6. The van der Waals surface area contributed by atoms with Crippen molar-refractivity contribution in [1.82, 2.24) is 26.2 Å². The fraction of sp³-hybridized carbons (Fsp3) is 0.733. The number of aliphatic hydroxyl groups excluding tert-OH is 1. The summed E-state index contributed by atoms with van der Waals surface area (Å²) in [6.45, 7) is 8.20. The highest BCUT2D eigenvalue weighted by atomic mass is 16.4. The second-order valence-electron chi connectivity index (χ2n) is 12.6. The molecule has 0 radical (unpaired) electrons. The van der Waals surface area contributed by atoms with Crippen molar-refractivity contribution in [3.05, 3.63) is 0 Å². The molecule has 11 N–H and O–H groups in total. The van der Waals surface area contributed by atoms with E-state index >= 15 is 0 Å². The molecular formula is C30H51N7O11. The highest BCUT2D eigenvalue weighted by Crippen LogP contribution is 2.20. The van der Waals surface area contributed by atoms with Crippen molar-refractivity contribution in [2.24, 2.45) is 23.3 Å². The molecule has 0 aromatic heterocycles. The minimum Gasteiger partial charge on any atom is -0.481 e. The van der Waals surface area contributed by atoms with Crippen molar-refractivity contribution in [3.63, 3.8) is 0 Å². The van der Waals surface area contributed by atoms with Gasteiger partial charge in [-0.3, -0.25) is 33.6 Å². The summed E-state index contributed by atoms with van der Waals surface area (Å²) in [6.07, 6.45) is -1.88. The highest BCUT2D eigenvalue weighted by molar-refractivity contribution is 5.98. The molecular weight excluding hydrogens is 634 g/mol. The van der Waals surface area contributed by atoms with E-state index in [4.69, 9.17) is 11.5 Å². The monoisotopic (exact) mass is 685 g/mol. The molecule has 272 valence electrons. The second-order valence-corrected chi connectivity index (χ2v) is 12.6. The van der Waals surface area contributed by atoms with E-state index in [1.54, 1.807) is 13.8 Å². The van der Waals surface area contributed by atoms with E-state index in [1.807, 2.05) is 13.8 Å². The Morgan fingerprint density at radius 3 is 1.96 bits per heavy atom. The molecule has 8 atom stereocenters. The van der Waals surface area contributed by atoms with Crippen LogP contribution in [0.5, 0.6) is 0 Å². The van der Waals surface area contributed by atoms with Gasteiger partial charge >= 0.3 is 11.9 Å². The number of hydrogen-bond donors (Lipinski definition) is 9. The third kappa shape index (κ3) is 13.1. The van der Waals surface area contributed by atoms with Gasteiger partial charge in [0.05, 0.1) is 18.6 Å². The number of nitrogens with two attached hydrogens (primary N) is 2. The lowest BCUT2D eigenvalue weighted by Crippen LogP contribution is -2.61. The number of nitrogens with one attached hydrogen (secondary N) is 4. The minimum atomic E-state index is -1.72. The van der Waals surface area contributed by atoms with Crippen molar-refractivity contribution >= 4 is 47.4 Å². The molecule has 1 heterocycles. The number of primary amides is 1. The second kappa shape index (κ2) is 19.5. The lowest BCUT2D eigenvalue weighted by Gasteiger charge is -2.31. The van der Waals surface area contributed by atoms with Crippen molar-refractivity contribution in [2.45, 2.75) is 122 Å². The van der Waals surface area contributed by atoms with Crippen molar-refractivity contribution in [3.8, 4) is 0 Å². The fourth-order valence-electron chi connectivity index (χ4n) is 5.18. The van der Waals surface area contributed by atoms with Crippen molar-refractivity contribution < 1.29 is 53.7 Å². The Bertz CT molecular complexity index is 1200. The zero-order valence-electron chi connectivity index (χ0n) is 28.1. The molecule has 18 nitrogen and oxygen atoms in total. The summed E-state index contributed by atoms with van der Waals surface area (Å²) in [6, 6.07) is -8.22. The Morgan fingerprint density at radius 2 is 1.46 bits per heavy atom. The fourth-order valence-corrected chi connectivity index (χ4v) is 5.18. The maximum atomic E-state index is 13.6. The van der Waals surface area contributed by atoms with Gasteiger partial charge in [0.25, 0.3) is 0 Å². The van der Waals surface area contributed by atoms with Gasteiger partial charge in [-0.15, -0.1) is 0 Å². The highest BCUT2D eigenvalue weighted by Gasteiger charge is 2.41. The number of aliphatic hydroxyl groups is 1. The molecule has 0 spiro atoms. The Labute approximate surface area is 279 Å². The summed E-state index contributed by atoms with van der Waals surface area (Å²) in [7, 11) is 0. The molecule has 8 unspecified atom stereocenters. The van der Waals surface area contributed by atoms with Crippen molar-refractivity contribution in [2.75, 3.05) is 6.54 Å². The van der Waals surface area contributed by atoms with Gasteiger partial charge in [-0.05, 0) is 44.4 Å². The third-order valence-corrected chi connectivity index (χ3v) is 8.05.